The summed E-state index contributed by atoms with van der Waals surface area (Å²) < 4.78 is 5.33. The minimum Gasteiger partial charge on any atom is -0.380 e. The number of rotatable bonds is 9. The lowest BCUT2D eigenvalue weighted by atomic mass is 10.1. The molecule has 112 valence electrons. The van der Waals surface area contributed by atoms with Gasteiger partial charge in [-0.15, -0.1) is 0 Å². The summed E-state index contributed by atoms with van der Waals surface area (Å²) in [6.45, 7) is 7.88. The van der Waals surface area contributed by atoms with Crippen LogP contribution in [0, 0.1) is 0 Å². The molecule has 0 amide bonds. The average molecular weight is 318 g/mol. The second-order valence-electron chi connectivity index (χ2n) is 4.41. The van der Waals surface area contributed by atoms with Crippen LogP contribution >= 0.6 is 23.2 Å². The molecule has 0 radical (unpaired) electrons. The average Bonchev–Trinajstić information content (AvgIpc) is 2.45. The first-order valence-corrected chi connectivity index (χ1v) is 7.63. The number of nitrogens with zero attached hydrogens (tertiary/aromatic N) is 1. The summed E-state index contributed by atoms with van der Waals surface area (Å²) in [6.07, 6.45) is 0.431. The molecule has 3 nitrogen and oxygen atoms in total. The zero-order valence-electron chi connectivity index (χ0n) is 12.0. The highest BCUT2D eigenvalue weighted by Crippen LogP contribution is 2.26. The molecule has 0 aromatic heterocycles. The van der Waals surface area contributed by atoms with Crippen molar-refractivity contribution in [2.24, 2.45) is 0 Å². The lowest BCUT2D eigenvalue weighted by molar-refractivity contribution is 0.0930. The Hall–Kier alpha value is -0.610. The van der Waals surface area contributed by atoms with Crippen molar-refractivity contribution in [3.8, 4) is 0 Å². The van der Waals surface area contributed by atoms with Gasteiger partial charge in [0.15, 0.2) is 5.78 Å². The smallest absolute Gasteiger partial charge is 0.165 e. The monoisotopic (exact) mass is 317 g/mol. The number of benzene rings is 1. The van der Waals surface area contributed by atoms with Gasteiger partial charge in [0, 0.05) is 31.7 Å². The van der Waals surface area contributed by atoms with Crippen LogP contribution in [0.15, 0.2) is 18.2 Å². The van der Waals surface area contributed by atoms with Crippen molar-refractivity contribution < 1.29 is 9.53 Å². The summed E-state index contributed by atoms with van der Waals surface area (Å²) in [4.78, 5) is 14.4. The van der Waals surface area contributed by atoms with Crippen molar-refractivity contribution in [2.45, 2.75) is 20.3 Å². The Morgan fingerprint density at radius 2 is 2.00 bits per heavy atom. The third-order valence-electron chi connectivity index (χ3n) is 3.11. The fourth-order valence-electron chi connectivity index (χ4n) is 1.88. The predicted octanol–water partition coefficient (Wildman–Crippen LogP) is 3.92. The van der Waals surface area contributed by atoms with E-state index in [0.29, 0.717) is 41.8 Å². The van der Waals surface area contributed by atoms with Crippen LogP contribution in [0.1, 0.15) is 30.6 Å². The molecule has 0 N–H and O–H groups in total. The van der Waals surface area contributed by atoms with Gasteiger partial charge in [-0.05, 0) is 25.6 Å². The highest BCUT2D eigenvalue weighted by Gasteiger charge is 2.13. The molecule has 0 bridgehead atoms. The lowest BCUT2D eigenvalue weighted by Crippen LogP contribution is -2.29. The molecule has 0 aliphatic carbocycles. The molecule has 0 aliphatic rings. The van der Waals surface area contributed by atoms with Crippen LogP contribution in [0.3, 0.4) is 0 Å². The summed E-state index contributed by atoms with van der Waals surface area (Å²) in [5.41, 5.74) is 0.500. The van der Waals surface area contributed by atoms with Crippen LogP contribution in [0.4, 0.5) is 0 Å². The van der Waals surface area contributed by atoms with E-state index in [2.05, 4.69) is 11.8 Å². The van der Waals surface area contributed by atoms with Crippen LogP contribution < -0.4 is 0 Å². The predicted molar refractivity (Wildman–Crippen MR) is 84.0 cm³/mol. The molecule has 0 saturated carbocycles. The van der Waals surface area contributed by atoms with E-state index in [1.807, 2.05) is 6.92 Å². The minimum absolute atomic E-state index is 0.0207. The summed E-state index contributed by atoms with van der Waals surface area (Å²) in [6, 6.07) is 5.14. The first-order chi connectivity index (χ1) is 9.60. The van der Waals surface area contributed by atoms with Crippen LogP contribution in [0.5, 0.6) is 0 Å². The third-order valence-corrected chi connectivity index (χ3v) is 3.93. The maximum absolute atomic E-state index is 12.2. The van der Waals surface area contributed by atoms with Gasteiger partial charge in [-0.1, -0.05) is 36.2 Å². The minimum atomic E-state index is 0.0207. The third kappa shape index (κ3) is 5.41. The fourth-order valence-corrected chi connectivity index (χ4v) is 2.29. The molecule has 20 heavy (non-hydrogen) atoms. The molecule has 1 aromatic carbocycles. The Balaban J connectivity index is 2.51. The summed E-state index contributed by atoms with van der Waals surface area (Å²) >= 11 is 12.0. The van der Waals surface area contributed by atoms with Gasteiger partial charge in [-0.3, -0.25) is 4.79 Å². The number of halogens is 2. The number of hydrogen-bond donors (Lipinski definition) is 0. The van der Waals surface area contributed by atoms with Crippen molar-refractivity contribution >= 4 is 29.0 Å². The van der Waals surface area contributed by atoms with E-state index >= 15 is 0 Å². The molecular weight excluding hydrogens is 297 g/mol. The van der Waals surface area contributed by atoms with E-state index in [4.69, 9.17) is 27.9 Å². The number of carbonyl (C=O) groups excluding carboxylic acids is 1. The molecule has 0 unspecified atom stereocenters. The molecule has 0 saturated heterocycles. The van der Waals surface area contributed by atoms with E-state index in [0.717, 1.165) is 13.1 Å². The highest BCUT2D eigenvalue weighted by atomic mass is 35.5. The van der Waals surface area contributed by atoms with E-state index in [1.165, 1.54) is 0 Å². The number of likely N-dealkylation sites (N-methyl/N-ethyl adjacent to an activating group) is 1. The van der Waals surface area contributed by atoms with Crippen molar-refractivity contribution in [1.29, 1.82) is 0 Å². The topological polar surface area (TPSA) is 29.5 Å². The number of carbonyl (C=O) groups is 1. The van der Waals surface area contributed by atoms with Gasteiger partial charge < -0.3 is 9.64 Å². The number of ketones is 1. The summed E-state index contributed by atoms with van der Waals surface area (Å²) in [5, 5.41) is 0.762. The SMILES string of the molecule is CCOCCN(CC)CCC(=O)c1cccc(Cl)c1Cl. The Morgan fingerprint density at radius 1 is 1.25 bits per heavy atom. The highest BCUT2D eigenvalue weighted by molar-refractivity contribution is 6.43. The number of ether oxygens (including phenoxy) is 1. The van der Waals surface area contributed by atoms with Gasteiger partial charge in [-0.25, -0.2) is 0 Å². The van der Waals surface area contributed by atoms with Crippen molar-refractivity contribution in [3.63, 3.8) is 0 Å². The van der Waals surface area contributed by atoms with Gasteiger partial charge in [0.05, 0.1) is 16.7 Å². The fraction of sp³-hybridized carbons (Fsp3) is 0.533. The molecule has 0 atom stereocenters. The van der Waals surface area contributed by atoms with E-state index < -0.39 is 0 Å². The molecule has 5 heteroatoms. The van der Waals surface area contributed by atoms with Crippen LogP contribution in [0.25, 0.3) is 0 Å². The molecule has 1 aromatic rings. The van der Waals surface area contributed by atoms with Crippen molar-refractivity contribution in [2.75, 3.05) is 32.8 Å². The van der Waals surface area contributed by atoms with Gasteiger partial charge in [0.25, 0.3) is 0 Å². The largest absolute Gasteiger partial charge is 0.380 e. The van der Waals surface area contributed by atoms with Gasteiger partial charge in [0.2, 0.25) is 0 Å². The van der Waals surface area contributed by atoms with Crippen LogP contribution in [-0.2, 0) is 4.74 Å². The van der Waals surface area contributed by atoms with Gasteiger partial charge in [-0.2, -0.15) is 0 Å². The summed E-state index contributed by atoms with van der Waals surface area (Å²) in [5.74, 6) is 0.0207. The quantitative estimate of drug-likeness (QED) is 0.510. The molecule has 1 rings (SSSR count). The second-order valence-corrected chi connectivity index (χ2v) is 5.19. The molecule has 0 spiro atoms. The standard InChI is InChI=1S/C15H21Cl2NO2/c1-3-18(10-11-20-4-2)9-8-14(19)12-6-5-7-13(16)15(12)17/h5-7H,3-4,8-11H2,1-2H3. The van der Waals surface area contributed by atoms with Gasteiger partial charge in [0.1, 0.15) is 0 Å². The lowest BCUT2D eigenvalue weighted by Gasteiger charge is -2.19. The second kappa shape index (κ2) is 9.35. The maximum atomic E-state index is 12.2. The van der Waals surface area contributed by atoms with E-state index in [1.54, 1.807) is 18.2 Å². The van der Waals surface area contributed by atoms with E-state index in [9.17, 15) is 4.79 Å². The van der Waals surface area contributed by atoms with Crippen LogP contribution in [0.2, 0.25) is 10.0 Å². The molecular formula is C15H21Cl2NO2. The number of Topliss-reactive ketones (excluding diaryl/α,β-unsaturated/α-hetero) is 1. The Morgan fingerprint density at radius 3 is 2.65 bits per heavy atom. The van der Waals surface area contributed by atoms with Crippen molar-refractivity contribution in [3.05, 3.63) is 33.8 Å². The molecule has 0 fully saturated rings. The zero-order chi connectivity index (χ0) is 15.0. The van der Waals surface area contributed by atoms with Crippen LogP contribution in [-0.4, -0.2) is 43.5 Å². The molecule has 0 aliphatic heterocycles. The molecule has 0 heterocycles. The normalized spacial score (nSPS) is 11.1. The van der Waals surface area contributed by atoms with Crippen molar-refractivity contribution in [1.82, 2.24) is 4.90 Å². The summed E-state index contributed by atoms with van der Waals surface area (Å²) in [7, 11) is 0. The van der Waals surface area contributed by atoms with E-state index in [-0.39, 0.29) is 5.78 Å². The van der Waals surface area contributed by atoms with Gasteiger partial charge >= 0.3 is 0 Å². The maximum Gasteiger partial charge on any atom is 0.165 e. The Bertz CT molecular complexity index is 438. The zero-order valence-corrected chi connectivity index (χ0v) is 13.5. The Labute approximate surface area is 130 Å². The Kier molecular flexibility index (Phi) is 8.15. The first-order valence-electron chi connectivity index (χ1n) is 6.87. The number of hydrogen-bond acceptors (Lipinski definition) is 3. The first kappa shape index (κ1) is 17.4.